The molecule has 0 spiro atoms. The molecule has 0 aliphatic carbocycles. The van der Waals surface area contributed by atoms with Gasteiger partial charge in [0.05, 0.1) is 23.5 Å². The predicted octanol–water partition coefficient (Wildman–Crippen LogP) is 2.03. The van der Waals surface area contributed by atoms with Crippen molar-refractivity contribution in [1.82, 2.24) is 0 Å². The van der Waals surface area contributed by atoms with E-state index in [9.17, 15) is 19.7 Å². The summed E-state index contributed by atoms with van der Waals surface area (Å²) < 4.78 is 20.9. The predicted molar refractivity (Wildman–Crippen MR) is 94.3 cm³/mol. The van der Waals surface area contributed by atoms with Crippen LogP contribution in [-0.2, 0) is 19.1 Å². The number of nitro benzene ring substituents is 1. The van der Waals surface area contributed by atoms with Gasteiger partial charge in [-0.2, -0.15) is 0 Å². The first-order chi connectivity index (χ1) is 13.3. The molecule has 0 fully saturated rings. The van der Waals surface area contributed by atoms with E-state index in [2.05, 4.69) is 0 Å². The molecule has 0 unspecified atom stereocenters. The molecule has 2 aliphatic heterocycles. The topological polar surface area (TPSA) is 140 Å². The fourth-order valence-electron chi connectivity index (χ4n) is 3.29. The number of fused-ring (bicyclic) bond motifs is 1. The number of Topliss-reactive ketones (excluding diaryl/α,β-unsaturated/α-hetero) is 1. The zero-order valence-electron chi connectivity index (χ0n) is 15.4. The average molecular weight is 390 g/mol. The molecule has 0 bridgehead atoms. The molecule has 2 heterocycles. The van der Waals surface area contributed by atoms with E-state index in [4.69, 9.17) is 24.7 Å². The van der Waals surface area contributed by atoms with E-state index in [-0.39, 0.29) is 58.9 Å². The summed E-state index contributed by atoms with van der Waals surface area (Å²) in [6.07, 6.45) is 0. The molecule has 0 saturated heterocycles. The van der Waals surface area contributed by atoms with Crippen molar-refractivity contribution >= 4 is 17.4 Å². The third-order valence-corrected chi connectivity index (χ3v) is 4.39. The van der Waals surface area contributed by atoms with Crippen LogP contribution in [0.2, 0.25) is 0 Å². The van der Waals surface area contributed by atoms with Gasteiger partial charge >= 0.3 is 5.97 Å². The minimum atomic E-state index is -1.15. The number of allylic oxidation sites excluding steroid dienone is 2. The smallest absolute Gasteiger partial charge is 0.340 e. The SMILES string of the molecule is CCOC(=O)C1=C(N)OC(C)=C(C(C)=O)[C@H]1c1cc2c(cc1[N+](=O)[O-])OCO2. The van der Waals surface area contributed by atoms with E-state index in [1.807, 2.05) is 0 Å². The first kappa shape index (κ1) is 19.2. The van der Waals surface area contributed by atoms with Gasteiger partial charge in [-0.3, -0.25) is 14.9 Å². The van der Waals surface area contributed by atoms with E-state index < -0.39 is 22.6 Å². The summed E-state index contributed by atoms with van der Waals surface area (Å²) in [6.45, 7) is 4.32. The maximum absolute atomic E-state index is 12.6. The van der Waals surface area contributed by atoms with Crippen molar-refractivity contribution in [3.63, 3.8) is 0 Å². The van der Waals surface area contributed by atoms with E-state index in [0.717, 1.165) is 0 Å². The molecule has 0 aromatic heterocycles. The number of carbonyl (C=O) groups is 2. The second-order valence-electron chi connectivity index (χ2n) is 6.08. The zero-order chi connectivity index (χ0) is 20.6. The highest BCUT2D eigenvalue weighted by atomic mass is 16.7. The summed E-state index contributed by atoms with van der Waals surface area (Å²) in [5, 5.41) is 11.7. The molecule has 1 aromatic rings. The highest BCUT2D eigenvalue weighted by Crippen LogP contribution is 2.47. The number of nitro groups is 1. The van der Waals surface area contributed by atoms with Gasteiger partial charge in [-0.1, -0.05) is 0 Å². The van der Waals surface area contributed by atoms with Crippen molar-refractivity contribution in [2.45, 2.75) is 26.7 Å². The third kappa shape index (κ3) is 3.13. The van der Waals surface area contributed by atoms with Crippen LogP contribution >= 0.6 is 0 Å². The Morgan fingerprint density at radius 1 is 1.29 bits per heavy atom. The van der Waals surface area contributed by atoms with Crippen LogP contribution in [0.15, 0.2) is 34.9 Å². The number of hydrogen-bond acceptors (Lipinski definition) is 9. The molecule has 0 amide bonds. The number of carbonyl (C=O) groups excluding carboxylic acids is 2. The van der Waals surface area contributed by atoms with Gasteiger partial charge in [-0.15, -0.1) is 0 Å². The molecule has 2 N–H and O–H groups in total. The molecule has 10 nitrogen and oxygen atoms in total. The number of ether oxygens (including phenoxy) is 4. The second-order valence-corrected chi connectivity index (χ2v) is 6.08. The van der Waals surface area contributed by atoms with Crippen molar-refractivity contribution in [2.75, 3.05) is 13.4 Å². The monoisotopic (exact) mass is 390 g/mol. The molecule has 148 valence electrons. The molecular formula is C18H18N2O8. The summed E-state index contributed by atoms with van der Waals surface area (Å²) in [4.78, 5) is 36.0. The number of hydrogen-bond donors (Lipinski definition) is 1. The fraction of sp³-hybridized carbons (Fsp3) is 0.333. The minimum absolute atomic E-state index is 0.0453. The van der Waals surface area contributed by atoms with Gasteiger partial charge in [-0.05, 0) is 26.8 Å². The lowest BCUT2D eigenvalue weighted by atomic mass is 9.80. The van der Waals surface area contributed by atoms with Gasteiger partial charge in [0, 0.05) is 11.1 Å². The van der Waals surface area contributed by atoms with Crippen LogP contribution in [0.25, 0.3) is 0 Å². The Hall–Kier alpha value is -3.56. The van der Waals surface area contributed by atoms with E-state index in [1.54, 1.807) is 6.92 Å². The maximum Gasteiger partial charge on any atom is 0.340 e. The number of nitrogens with two attached hydrogens (primary N) is 1. The Morgan fingerprint density at radius 2 is 1.93 bits per heavy atom. The average Bonchev–Trinajstić information content (AvgIpc) is 3.06. The number of benzene rings is 1. The Labute approximate surface area is 159 Å². The molecule has 0 saturated carbocycles. The first-order valence-electron chi connectivity index (χ1n) is 8.40. The van der Waals surface area contributed by atoms with Crippen LogP contribution in [0.3, 0.4) is 0 Å². The molecule has 2 aliphatic rings. The highest BCUT2D eigenvalue weighted by Gasteiger charge is 2.42. The normalized spacial score (nSPS) is 18.0. The van der Waals surface area contributed by atoms with Crippen LogP contribution < -0.4 is 15.2 Å². The lowest BCUT2D eigenvalue weighted by Crippen LogP contribution is -2.29. The molecule has 10 heteroatoms. The van der Waals surface area contributed by atoms with Gasteiger partial charge in [0.2, 0.25) is 12.7 Å². The number of nitrogens with zero attached hydrogens (tertiary/aromatic N) is 1. The lowest BCUT2D eigenvalue weighted by molar-refractivity contribution is -0.385. The van der Waals surface area contributed by atoms with E-state index in [0.29, 0.717) is 0 Å². The van der Waals surface area contributed by atoms with Gasteiger partial charge in [0.1, 0.15) is 11.3 Å². The lowest BCUT2D eigenvalue weighted by Gasteiger charge is -2.28. The van der Waals surface area contributed by atoms with Crippen LogP contribution in [0.5, 0.6) is 11.5 Å². The quantitative estimate of drug-likeness (QED) is 0.454. The number of rotatable bonds is 5. The van der Waals surface area contributed by atoms with Crippen molar-refractivity contribution in [2.24, 2.45) is 5.73 Å². The fourth-order valence-corrected chi connectivity index (χ4v) is 3.29. The Bertz CT molecular complexity index is 947. The van der Waals surface area contributed by atoms with Crippen LogP contribution in [0, 0.1) is 10.1 Å². The van der Waals surface area contributed by atoms with Crippen molar-refractivity contribution in [1.29, 1.82) is 0 Å². The molecule has 1 atom stereocenters. The maximum atomic E-state index is 12.6. The first-order valence-corrected chi connectivity index (χ1v) is 8.40. The number of esters is 1. The molecule has 0 radical (unpaired) electrons. The second kappa shape index (κ2) is 7.22. The van der Waals surface area contributed by atoms with Crippen LogP contribution in [0.4, 0.5) is 5.69 Å². The highest BCUT2D eigenvalue weighted by molar-refractivity contribution is 6.02. The zero-order valence-corrected chi connectivity index (χ0v) is 15.4. The van der Waals surface area contributed by atoms with E-state index in [1.165, 1.54) is 26.0 Å². The Morgan fingerprint density at radius 3 is 2.50 bits per heavy atom. The molecule has 1 aromatic carbocycles. The molecule has 3 rings (SSSR count). The summed E-state index contributed by atoms with van der Waals surface area (Å²) >= 11 is 0. The summed E-state index contributed by atoms with van der Waals surface area (Å²) in [6, 6.07) is 2.57. The Balaban J connectivity index is 2.30. The van der Waals surface area contributed by atoms with E-state index >= 15 is 0 Å². The molecular weight excluding hydrogens is 372 g/mol. The summed E-state index contributed by atoms with van der Waals surface area (Å²) in [7, 11) is 0. The largest absolute Gasteiger partial charge is 0.462 e. The van der Waals surface area contributed by atoms with Crippen LogP contribution in [0.1, 0.15) is 32.3 Å². The minimum Gasteiger partial charge on any atom is -0.462 e. The van der Waals surface area contributed by atoms with Crippen molar-refractivity contribution < 1.29 is 33.5 Å². The molecule has 28 heavy (non-hydrogen) atoms. The third-order valence-electron chi connectivity index (χ3n) is 4.39. The van der Waals surface area contributed by atoms with Crippen molar-refractivity contribution in [3.8, 4) is 11.5 Å². The summed E-state index contributed by atoms with van der Waals surface area (Å²) in [5.74, 6) is -2.09. The Kier molecular flexibility index (Phi) is 4.95. The summed E-state index contributed by atoms with van der Waals surface area (Å²) in [5.41, 5.74) is 5.50. The van der Waals surface area contributed by atoms with Gasteiger partial charge in [0.25, 0.3) is 5.69 Å². The van der Waals surface area contributed by atoms with Crippen molar-refractivity contribution in [3.05, 3.63) is 50.6 Å². The number of ketones is 1. The van der Waals surface area contributed by atoms with Gasteiger partial charge < -0.3 is 24.7 Å². The van der Waals surface area contributed by atoms with Gasteiger partial charge in [0.15, 0.2) is 17.3 Å². The van der Waals surface area contributed by atoms with Crippen LogP contribution in [-0.4, -0.2) is 30.1 Å². The standard InChI is InChI=1S/C18H18N2O8/c1-4-25-18(22)16-15(14(8(2)21)9(3)28-17(16)19)10-5-12-13(27-7-26-12)6-11(10)20(23)24/h5-6,15H,4,7,19H2,1-3H3/t15-/m1/s1. The van der Waals surface area contributed by atoms with Gasteiger partial charge in [-0.25, -0.2) is 4.79 Å².